The molecule has 5 rings (SSSR count). The van der Waals surface area contributed by atoms with Gasteiger partial charge in [0.1, 0.15) is 0 Å². The Morgan fingerprint density at radius 3 is 2.43 bits per heavy atom. The zero-order valence-corrected chi connectivity index (χ0v) is 19.1. The number of hydrogen-bond acceptors (Lipinski definition) is 4. The second-order valence-electron chi connectivity index (χ2n) is 10.9. The van der Waals surface area contributed by atoms with Crippen molar-refractivity contribution in [2.45, 2.75) is 88.7 Å². The van der Waals surface area contributed by atoms with Crippen LogP contribution in [0, 0.1) is 41.9 Å². The first-order valence-corrected chi connectivity index (χ1v) is 13.4. The van der Waals surface area contributed by atoms with Gasteiger partial charge in [0, 0.05) is 0 Å². The van der Waals surface area contributed by atoms with Crippen LogP contribution in [0.15, 0.2) is 29.2 Å². The lowest BCUT2D eigenvalue weighted by Crippen LogP contribution is -2.50. The number of fused-ring (bicyclic) bond motifs is 5. The molecule has 4 saturated carbocycles. The standard InChI is InChI=1S/C25H36O4S/c1-16-3-7-19(8-4-16)30(27,28)29-24-12-11-23-22-9-5-17-15-18(26)6-10-20(17)21(22)13-14-25(23,24)2/h3-4,7-8,17-18,20-24,26H,5-6,9-15H2,1-2H3/t17-,18-,20+,21-,22-,23+,24+,25+/m1/s1. The highest BCUT2D eigenvalue weighted by Gasteiger charge is 2.58. The van der Waals surface area contributed by atoms with Gasteiger partial charge in [-0.2, -0.15) is 8.42 Å². The summed E-state index contributed by atoms with van der Waals surface area (Å²) in [5.41, 5.74) is 1.01. The summed E-state index contributed by atoms with van der Waals surface area (Å²) < 4.78 is 31.9. The van der Waals surface area contributed by atoms with Crippen LogP contribution in [-0.2, 0) is 14.3 Å². The average Bonchev–Trinajstić information content (AvgIpc) is 3.03. The van der Waals surface area contributed by atoms with Crippen LogP contribution in [0.1, 0.15) is 70.3 Å². The Bertz CT molecular complexity index is 879. The van der Waals surface area contributed by atoms with Gasteiger partial charge in [-0.3, -0.25) is 4.18 Å². The van der Waals surface area contributed by atoms with Crippen molar-refractivity contribution in [3.8, 4) is 0 Å². The summed E-state index contributed by atoms with van der Waals surface area (Å²) >= 11 is 0. The average molecular weight is 433 g/mol. The van der Waals surface area contributed by atoms with Crippen LogP contribution < -0.4 is 0 Å². The van der Waals surface area contributed by atoms with Gasteiger partial charge in [-0.25, -0.2) is 0 Å². The molecule has 1 N–H and O–H groups in total. The molecule has 0 radical (unpaired) electrons. The van der Waals surface area contributed by atoms with Gasteiger partial charge in [0.05, 0.1) is 17.1 Å². The molecule has 0 spiro atoms. The largest absolute Gasteiger partial charge is 0.393 e. The molecule has 4 fully saturated rings. The first-order chi connectivity index (χ1) is 14.3. The normalized spacial score (nSPS) is 43.5. The summed E-state index contributed by atoms with van der Waals surface area (Å²) in [5, 5.41) is 10.1. The minimum atomic E-state index is -3.73. The molecule has 0 bridgehead atoms. The smallest absolute Gasteiger partial charge is 0.297 e. The molecule has 1 aromatic carbocycles. The van der Waals surface area contributed by atoms with Crippen molar-refractivity contribution in [3.05, 3.63) is 29.8 Å². The van der Waals surface area contributed by atoms with Gasteiger partial charge in [0.25, 0.3) is 10.1 Å². The van der Waals surface area contributed by atoms with Crippen LogP contribution in [0.4, 0.5) is 0 Å². The molecule has 8 atom stereocenters. The van der Waals surface area contributed by atoms with E-state index < -0.39 is 10.1 Å². The van der Waals surface area contributed by atoms with Crippen molar-refractivity contribution >= 4 is 10.1 Å². The number of aryl methyl sites for hydroxylation is 1. The van der Waals surface area contributed by atoms with Crippen molar-refractivity contribution in [1.29, 1.82) is 0 Å². The number of aliphatic hydroxyl groups is 1. The molecule has 0 aromatic heterocycles. The summed E-state index contributed by atoms with van der Waals surface area (Å²) in [5.74, 6) is 3.52. The van der Waals surface area contributed by atoms with Crippen molar-refractivity contribution in [3.63, 3.8) is 0 Å². The Hall–Kier alpha value is -0.910. The van der Waals surface area contributed by atoms with Crippen LogP contribution in [0.25, 0.3) is 0 Å². The van der Waals surface area contributed by atoms with E-state index in [4.69, 9.17) is 4.18 Å². The number of rotatable bonds is 3. The Morgan fingerprint density at radius 2 is 1.67 bits per heavy atom. The maximum Gasteiger partial charge on any atom is 0.297 e. The molecule has 0 amide bonds. The highest BCUT2D eigenvalue weighted by molar-refractivity contribution is 7.86. The topological polar surface area (TPSA) is 63.6 Å². The van der Waals surface area contributed by atoms with Gasteiger partial charge in [-0.05, 0) is 112 Å². The molecule has 5 heteroatoms. The van der Waals surface area contributed by atoms with E-state index in [1.54, 1.807) is 12.1 Å². The summed E-state index contributed by atoms with van der Waals surface area (Å²) in [6.07, 6.45) is 9.53. The maximum absolute atomic E-state index is 13.0. The molecule has 4 aliphatic carbocycles. The summed E-state index contributed by atoms with van der Waals surface area (Å²) in [6, 6.07) is 6.99. The zero-order valence-electron chi connectivity index (χ0n) is 18.3. The molecular formula is C25H36O4S. The van der Waals surface area contributed by atoms with Crippen LogP contribution in [0.2, 0.25) is 0 Å². The third-order valence-electron chi connectivity index (χ3n) is 9.39. The molecule has 0 saturated heterocycles. The highest BCUT2D eigenvalue weighted by Crippen LogP contribution is 2.63. The van der Waals surface area contributed by atoms with Gasteiger partial charge in [-0.15, -0.1) is 0 Å². The second-order valence-corrected chi connectivity index (χ2v) is 12.4. The monoisotopic (exact) mass is 432 g/mol. The fourth-order valence-corrected chi connectivity index (χ4v) is 9.05. The zero-order chi connectivity index (χ0) is 21.1. The fourth-order valence-electron chi connectivity index (χ4n) is 7.85. The lowest BCUT2D eigenvalue weighted by molar-refractivity contribution is -0.0862. The molecule has 4 nitrogen and oxygen atoms in total. The highest BCUT2D eigenvalue weighted by atomic mass is 32.2. The number of benzene rings is 1. The lowest BCUT2D eigenvalue weighted by atomic mass is 9.50. The number of aliphatic hydroxyl groups excluding tert-OH is 1. The van der Waals surface area contributed by atoms with E-state index in [0.29, 0.717) is 17.8 Å². The van der Waals surface area contributed by atoms with E-state index in [9.17, 15) is 13.5 Å². The first-order valence-electron chi connectivity index (χ1n) is 12.0. The van der Waals surface area contributed by atoms with Gasteiger partial charge in [-0.1, -0.05) is 24.6 Å². The van der Waals surface area contributed by atoms with E-state index in [0.717, 1.165) is 49.5 Å². The molecule has 0 aliphatic heterocycles. The van der Waals surface area contributed by atoms with Gasteiger partial charge >= 0.3 is 0 Å². The van der Waals surface area contributed by atoms with E-state index in [2.05, 4.69) is 6.92 Å². The second kappa shape index (κ2) is 7.60. The van der Waals surface area contributed by atoms with E-state index in [1.165, 1.54) is 25.7 Å². The molecule has 1 aromatic rings. The Kier molecular flexibility index (Phi) is 5.31. The minimum Gasteiger partial charge on any atom is -0.393 e. The lowest BCUT2D eigenvalue weighted by Gasteiger charge is -2.55. The molecule has 0 unspecified atom stereocenters. The van der Waals surface area contributed by atoms with Crippen LogP contribution in [0.3, 0.4) is 0 Å². The Balaban J connectivity index is 1.33. The first kappa shape index (κ1) is 21.0. The molecule has 30 heavy (non-hydrogen) atoms. The van der Waals surface area contributed by atoms with Gasteiger partial charge < -0.3 is 5.11 Å². The fraction of sp³-hybridized carbons (Fsp3) is 0.760. The minimum absolute atomic E-state index is 0.0417. The number of hydrogen-bond donors (Lipinski definition) is 1. The van der Waals surface area contributed by atoms with Crippen molar-refractivity contribution in [2.75, 3.05) is 0 Å². The molecular weight excluding hydrogens is 396 g/mol. The van der Waals surface area contributed by atoms with E-state index in [-0.39, 0.29) is 22.5 Å². The van der Waals surface area contributed by atoms with E-state index >= 15 is 0 Å². The van der Waals surface area contributed by atoms with Crippen molar-refractivity contribution < 1.29 is 17.7 Å². The maximum atomic E-state index is 13.0. The van der Waals surface area contributed by atoms with Crippen LogP contribution in [-0.4, -0.2) is 25.7 Å². The Labute approximate surface area is 181 Å². The molecule has 0 heterocycles. The molecule has 4 aliphatic rings. The predicted octanol–water partition coefficient (Wildman–Crippen LogP) is 5.08. The van der Waals surface area contributed by atoms with Crippen molar-refractivity contribution in [1.82, 2.24) is 0 Å². The summed E-state index contributed by atoms with van der Waals surface area (Å²) in [7, 11) is -3.73. The van der Waals surface area contributed by atoms with Gasteiger partial charge in [0.2, 0.25) is 0 Å². The van der Waals surface area contributed by atoms with Crippen LogP contribution >= 0.6 is 0 Å². The van der Waals surface area contributed by atoms with Crippen molar-refractivity contribution in [2.24, 2.45) is 35.0 Å². The SMILES string of the molecule is Cc1ccc(S(=O)(=O)O[C@H]2CC[C@H]3[C@@H]4CC[C@@H]5C[C@H](O)CC[C@@H]5[C@H]4CC[C@]23C)cc1. The third kappa shape index (κ3) is 3.45. The van der Waals surface area contributed by atoms with Gasteiger partial charge in [0.15, 0.2) is 0 Å². The summed E-state index contributed by atoms with van der Waals surface area (Å²) in [6.45, 7) is 4.26. The van der Waals surface area contributed by atoms with Crippen LogP contribution in [0.5, 0.6) is 0 Å². The summed E-state index contributed by atoms with van der Waals surface area (Å²) in [4.78, 5) is 0.273. The Morgan fingerprint density at radius 1 is 0.933 bits per heavy atom. The predicted molar refractivity (Wildman–Crippen MR) is 116 cm³/mol. The third-order valence-corrected chi connectivity index (χ3v) is 10.7. The van der Waals surface area contributed by atoms with E-state index in [1.807, 2.05) is 19.1 Å². The quantitative estimate of drug-likeness (QED) is 0.676. The molecule has 166 valence electrons.